The molecule has 0 aromatic heterocycles. The molecule has 18 nitrogen and oxygen atoms in total. The number of nitrogens with one attached hydrogen (secondary N) is 1. The molecule has 0 spiro atoms. The predicted molar refractivity (Wildman–Crippen MR) is 284 cm³/mol. The van der Waals surface area contributed by atoms with E-state index in [1.54, 1.807) is 0 Å². The summed E-state index contributed by atoms with van der Waals surface area (Å²) >= 11 is 0. The summed E-state index contributed by atoms with van der Waals surface area (Å²) in [4.78, 5) is 75.8. The van der Waals surface area contributed by atoms with Gasteiger partial charge in [0.2, 0.25) is 5.91 Å². The summed E-state index contributed by atoms with van der Waals surface area (Å²) in [6.45, 7) is 3.17. The van der Waals surface area contributed by atoms with E-state index in [0.29, 0.717) is 12.8 Å². The Morgan fingerprint density at radius 1 is 0.608 bits per heavy atom. The van der Waals surface area contributed by atoms with Crippen molar-refractivity contribution in [2.24, 2.45) is 4.99 Å². The Bertz CT molecular complexity index is 1510. The summed E-state index contributed by atoms with van der Waals surface area (Å²) in [5, 5.41) is 14.4. The summed E-state index contributed by atoms with van der Waals surface area (Å²) in [6, 6.07) is 0. The minimum absolute atomic E-state index is 0. The van der Waals surface area contributed by atoms with Gasteiger partial charge in [-0.3, -0.25) is 37.9 Å². The largest absolute Gasteiger partial charge is 1.00 e. The van der Waals surface area contributed by atoms with Crippen LogP contribution >= 0.6 is 7.82 Å². The number of phosphoric acid groups is 1. The summed E-state index contributed by atoms with van der Waals surface area (Å²) in [5.41, 5.74) is 0. The van der Waals surface area contributed by atoms with E-state index in [1.165, 1.54) is 141 Å². The summed E-state index contributed by atoms with van der Waals surface area (Å²) in [7, 11) is -4.65. The number of carbonyl (C=O) groups is 5. The van der Waals surface area contributed by atoms with Gasteiger partial charge in [-0.25, -0.2) is 4.57 Å². The Kier molecular flexibility index (Phi) is 52.7. The van der Waals surface area contributed by atoms with Crippen molar-refractivity contribution in [1.82, 2.24) is 16.4 Å². The van der Waals surface area contributed by atoms with Gasteiger partial charge in [0.25, 0.3) is 11.8 Å². The molecule has 74 heavy (non-hydrogen) atoms. The van der Waals surface area contributed by atoms with Crippen LogP contribution in [0.15, 0.2) is 17.1 Å². The molecular weight excluding hydrogens is 983 g/mol. The van der Waals surface area contributed by atoms with Gasteiger partial charge in [0.05, 0.1) is 39.6 Å². The number of nitrogens with zero attached hydrogens (tertiary/aromatic N) is 2. The number of aliphatic imine (C=N–C) groups is 1. The number of ether oxygens (including phenoxy) is 4. The molecule has 1 heterocycles. The Morgan fingerprint density at radius 3 is 1.51 bits per heavy atom. The van der Waals surface area contributed by atoms with Crippen molar-refractivity contribution in [3.8, 4) is 0 Å². The van der Waals surface area contributed by atoms with E-state index in [0.717, 1.165) is 55.6 Å². The van der Waals surface area contributed by atoms with Crippen molar-refractivity contribution < 1.29 is 96.1 Å². The van der Waals surface area contributed by atoms with Crippen LogP contribution in [0.5, 0.6) is 0 Å². The third-order valence-corrected chi connectivity index (χ3v) is 13.4. The number of phosphoric ester groups is 1. The molecule has 0 radical (unpaired) electrons. The Hall–Kier alpha value is -2.25. The first-order valence-corrected chi connectivity index (χ1v) is 29.6. The second kappa shape index (κ2) is 52.8. The minimum atomic E-state index is -4.65. The summed E-state index contributed by atoms with van der Waals surface area (Å²) in [6.07, 6.45) is 37.8. The van der Waals surface area contributed by atoms with Gasteiger partial charge in [0.1, 0.15) is 13.2 Å². The number of carbonyl (C=O) groups excluding carboxylic acids is 5. The third-order valence-electron chi connectivity index (χ3n) is 12.4. The number of imide groups is 1. The molecule has 0 aromatic carbocycles. The third kappa shape index (κ3) is 47.0. The maximum Gasteiger partial charge on any atom is 1.00 e. The monoisotopic (exact) mass is 1080 g/mol. The minimum Gasteiger partial charge on any atom is -0.862 e. The molecule has 0 saturated heterocycles. The van der Waals surface area contributed by atoms with Crippen LogP contribution in [0, 0.1) is 0 Å². The number of unbranched alkanes of at least 4 members (excludes halogenated alkanes) is 28. The maximum absolute atomic E-state index is 12.8. The molecule has 426 valence electrons. The van der Waals surface area contributed by atoms with Gasteiger partial charge in [0.15, 0.2) is 6.10 Å². The van der Waals surface area contributed by atoms with Gasteiger partial charge in [-0.1, -0.05) is 194 Å². The molecule has 5 N–H and O–H groups in total. The molecule has 1 aliphatic heterocycles. The average molecular weight is 1080 g/mol. The maximum atomic E-state index is 12.8. The fourth-order valence-electron chi connectivity index (χ4n) is 8.08. The Labute approximate surface area is 468 Å². The molecule has 2 atom stereocenters. The molecule has 3 amide bonds. The van der Waals surface area contributed by atoms with Crippen LogP contribution in [0.3, 0.4) is 0 Å². The van der Waals surface area contributed by atoms with Gasteiger partial charge in [-0.15, -0.1) is 0 Å². The zero-order valence-electron chi connectivity index (χ0n) is 46.4. The topological polar surface area (TPSA) is 264 Å². The van der Waals surface area contributed by atoms with Gasteiger partial charge in [-0.05, 0) is 25.2 Å². The van der Waals surface area contributed by atoms with E-state index in [2.05, 4.69) is 24.2 Å². The quantitative estimate of drug-likeness (QED) is 0.0101. The zero-order chi connectivity index (χ0) is 52.6. The molecule has 0 bridgehead atoms. The molecule has 20 heteroatoms. The van der Waals surface area contributed by atoms with Gasteiger partial charge in [-0.2, -0.15) is 0 Å². The van der Waals surface area contributed by atoms with Crippen molar-refractivity contribution in [3.05, 3.63) is 12.2 Å². The van der Waals surface area contributed by atoms with E-state index >= 15 is 0 Å². The fourth-order valence-corrected chi connectivity index (χ4v) is 8.83. The fraction of sp³-hybridized carbons (Fsp3) is 0.852. The van der Waals surface area contributed by atoms with Crippen LogP contribution in [0.2, 0.25) is 0 Å². The van der Waals surface area contributed by atoms with Crippen LogP contribution in [0.4, 0.5) is 0 Å². The molecule has 1 aliphatic rings. The van der Waals surface area contributed by atoms with Crippen LogP contribution in [-0.2, 0) is 56.5 Å². The number of hydrogen-bond acceptors (Lipinski definition) is 15. The number of esters is 2. The van der Waals surface area contributed by atoms with Crippen LogP contribution < -0.4 is 46.1 Å². The molecule has 0 saturated carbocycles. The Balaban J connectivity index is 0. The normalized spacial score (nSPS) is 13.6. The Morgan fingerprint density at radius 2 is 1.04 bits per heavy atom. The number of amides is 3. The van der Waals surface area contributed by atoms with E-state index in [1.807, 2.05) is 0 Å². The molecule has 0 aromatic rings. The molecule has 0 aliphatic carbocycles. The van der Waals surface area contributed by atoms with E-state index in [-0.39, 0.29) is 114 Å². The van der Waals surface area contributed by atoms with Crippen molar-refractivity contribution >= 4 is 43.4 Å². The van der Waals surface area contributed by atoms with Crippen LogP contribution in [0.1, 0.15) is 226 Å². The smallest absolute Gasteiger partial charge is 0.862 e. The van der Waals surface area contributed by atoms with Gasteiger partial charge < -0.3 is 45.4 Å². The summed E-state index contributed by atoms with van der Waals surface area (Å²) in [5.74, 6) is -2.84. The second-order valence-electron chi connectivity index (χ2n) is 19.0. The number of rotatable bonds is 53. The van der Waals surface area contributed by atoms with Gasteiger partial charge >= 0.3 is 49.3 Å². The first-order chi connectivity index (χ1) is 35.0. The molecule has 1 rings (SSSR count). The summed E-state index contributed by atoms with van der Waals surface area (Å²) < 4.78 is 44.4. The predicted octanol–water partition coefficient (Wildman–Crippen LogP) is 7.49. The average Bonchev–Trinajstić information content (AvgIpc) is 3.68. The van der Waals surface area contributed by atoms with E-state index < -0.39 is 56.1 Å². The van der Waals surface area contributed by atoms with Crippen LogP contribution in [-0.4, -0.2) is 117 Å². The molecule has 2 unspecified atom stereocenters. The first-order valence-electron chi connectivity index (χ1n) is 28.1. The molecular formula is C54H100N4NaO14P. The second-order valence-corrected chi connectivity index (χ2v) is 20.4. The van der Waals surface area contributed by atoms with E-state index in [4.69, 9.17) is 28.0 Å². The van der Waals surface area contributed by atoms with Crippen molar-refractivity contribution in [2.45, 2.75) is 232 Å². The zero-order valence-corrected chi connectivity index (χ0v) is 49.3. The van der Waals surface area contributed by atoms with Crippen molar-refractivity contribution in [1.29, 1.82) is 0 Å². The SMILES string of the molecule is CCCCCCCCCCCCCCCCCC(=O)OCC(COP(=O)(O)OCCNC(=O)COCCOCCN=C([O-])CCN1C(=O)C=CC1=O)OC(=O)CCCCCCCCCCCCCCCCC.N.[Na+]. The van der Waals surface area contributed by atoms with Crippen molar-refractivity contribution in [2.75, 3.05) is 65.9 Å². The van der Waals surface area contributed by atoms with Crippen molar-refractivity contribution in [3.63, 3.8) is 0 Å². The first kappa shape index (κ1) is 73.8. The number of hydrogen-bond donors (Lipinski definition) is 3. The molecule has 0 fully saturated rings. The standard InChI is InChI=1S/C54H98N3O14P.H3N.Na/c1-3-5-7-9-11-13-15-17-19-21-23-25-27-29-31-33-53(62)68-45-48(71-54(63)34-32-30-28-26-24-22-20-18-16-14-12-10-8-6-4-2)46-70-72(64,65)69-42-39-56-50(59)47-67-44-43-66-41-38-55-49(58)37-40-57-51(60)35-36-52(57)61;;/h35-36,48H,3-34,37-47H2,1-2H3,(H,55,58)(H,56,59)(H,64,65);1H3;/q;;+1/p-1. The van der Waals surface area contributed by atoms with Crippen LogP contribution in [0.25, 0.3) is 0 Å². The van der Waals surface area contributed by atoms with Gasteiger partial charge in [0, 0.05) is 38.1 Å². The van der Waals surface area contributed by atoms with E-state index in [9.17, 15) is 38.5 Å².